The molecule has 3 N–H and O–H groups in total. The molecule has 7 heteroatoms. The van der Waals surface area contributed by atoms with Gasteiger partial charge in [-0.25, -0.2) is 0 Å². The van der Waals surface area contributed by atoms with Gasteiger partial charge in [-0.2, -0.15) is 13.2 Å². The zero-order valence-electron chi connectivity index (χ0n) is 12.7. The predicted molar refractivity (Wildman–Crippen MR) is 85.5 cm³/mol. The molecule has 1 aromatic carbocycles. The van der Waals surface area contributed by atoms with E-state index in [1.807, 2.05) is 0 Å². The van der Waals surface area contributed by atoms with Crippen molar-refractivity contribution in [2.75, 3.05) is 0 Å². The lowest BCUT2D eigenvalue weighted by atomic mass is 9.91. The van der Waals surface area contributed by atoms with Crippen molar-refractivity contribution in [3.63, 3.8) is 0 Å². The van der Waals surface area contributed by atoms with Gasteiger partial charge in [0.15, 0.2) is 0 Å². The van der Waals surface area contributed by atoms with Gasteiger partial charge in [0.25, 0.3) is 0 Å². The summed E-state index contributed by atoms with van der Waals surface area (Å²) in [5.74, 6) is -2.31. The summed E-state index contributed by atoms with van der Waals surface area (Å²) in [6.07, 6.45) is -1.95. The lowest BCUT2D eigenvalue weighted by molar-refractivity contribution is -0.157. The summed E-state index contributed by atoms with van der Waals surface area (Å²) in [4.78, 5) is 12.0. The number of rotatable bonds is 4. The molecular weight excluding hydrogens is 329 g/mol. The summed E-state index contributed by atoms with van der Waals surface area (Å²) >= 11 is 0. The summed E-state index contributed by atoms with van der Waals surface area (Å²) in [6, 6.07) is 7.65. The molecule has 0 radical (unpaired) electrons. The highest BCUT2D eigenvalue weighted by Crippen LogP contribution is 2.37. The predicted octanol–water partition coefficient (Wildman–Crippen LogP) is 3.53. The van der Waals surface area contributed by atoms with Crippen LogP contribution in [0.1, 0.15) is 43.6 Å². The quantitative estimate of drug-likeness (QED) is 0.872. The van der Waals surface area contributed by atoms with Crippen molar-refractivity contribution in [1.82, 2.24) is 5.32 Å². The second-order valence-electron chi connectivity index (χ2n) is 5.89. The number of halogens is 4. The van der Waals surface area contributed by atoms with E-state index in [4.69, 9.17) is 5.73 Å². The van der Waals surface area contributed by atoms with Crippen molar-refractivity contribution in [3.8, 4) is 0 Å². The van der Waals surface area contributed by atoms with Crippen molar-refractivity contribution >= 4 is 18.3 Å². The Morgan fingerprint density at radius 2 is 1.74 bits per heavy atom. The Balaban J connectivity index is 0.00000264. The minimum atomic E-state index is -4.44. The molecule has 1 unspecified atom stereocenters. The Hall–Kier alpha value is -1.27. The fourth-order valence-electron chi connectivity index (χ4n) is 2.84. The number of nitrogens with one attached hydrogen (secondary N) is 1. The van der Waals surface area contributed by atoms with Crippen LogP contribution in [0.3, 0.4) is 0 Å². The second-order valence-corrected chi connectivity index (χ2v) is 5.89. The molecule has 0 aliphatic heterocycles. The van der Waals surface area contributed by atoms with Gasteiger partial charge in [0, 0.05) is 18.5 Å². The molecular formula is C16H22ClF3N2O. The maximum atomic E-state index is 13.2. The smallest absolute Gasteiger partial charge is 0.353 e. The van der Waals surface area contributed by atoms with Crippen molar-refractivity contribution in [2.45, 2.75) is 56.3 Å². The van der Waals surface area contributed by atoms with Crippen molar-refractivity contribution in [3.05, 3.63) is 35.9 Å². The highest BCUT2D eigenvalue weighted by Gasteiger charge is 2.42. The van der Waals surface area contributed by atoms with Crippen LogP contribution in [-0.4, -0.2) is 24.2 Å². The van der Waals surface area contributed by atoms with Crippen LogP contribution < -0.4 is 11.1 Å². The summed E-state index contributed by atoms with van der Waals surface area (Å²) in [5, 5.41) is 2.72. The van der Waals surface area contributed by atoms with Gasteiger partial charge in [-0.05, 0) is 31.2 Å². The van der Waals surface area contributed by atoms with E-state index in [1.54, 1.807) is 18.2 Å². The number of carbonyl (C=O) groups excluding carboxylic acids is 1. The number of nitrogens with two attached hydrogens (primary N) is 1. The fourth-order valence-corrected chi connectivity index (χ4v) is 2.84. The minimum Gasteiger partial charge on any atom is -0.353 e. The third kappa shape index (κ3) is 6.03. The second kappa shape index (κ2) is 8.55. The summed E-state index contributed by atoms with van der Waals surface area (Å²) < 4.78 is 39.6. The molecule has 3 nitrogen and oxygen atoms in total. The van der Waals surface area contributed by atoms with Gasteiger partial charge >= 0.3 is 6.18 Å². The maximum Gasteiger partial charge on any atom is 0.396 e. The Morgan fingerprint density at radius 3 is 2.26 bits per heavy atom. The lowest BCUT2D eigenvalue weighted by Crippen LogP contribution is -2.41. The summed E-state index contributed by atoms with van der Waals surface area (Å²) in [6.45, 7) is 0. The molecule has 0 saturated heterocycles. The molecule has 1 fully saturated rings. The normalized spacial score (nSPS) is 22.8. The van der Waals surface area contributed by atoms with E-state index >= 15 is 0 Å². The molecule has 1 saturated carbocycles. The Bertz CT molecular complexity index is 488. The fraction of sp³-hybridized carbons (Fsp3) is 0.562. The van der Waals surface area contributed by atoms with Gasteiger partial charge in [-0.1, -0.05) is 30.3 Å². The van der Waals surface area contributed by atoms with E-state index in [2.05, 4.69) is 5.32 Å². The average molecular weight is 351 g/mol. The third-order valence-corrected chi connectivity index (χ3v) is 4.12. The third-order valence-electron chi connectivity index (χ3n) is 4.12. The van der Waals surface area contributed by atoms with Gasteiger partial charge in [-0.3, -0.25) is 4.79 Å². The zero-order chi connectivity index (χ0) is 16.2. The Morgan fingerprint density at radius 1 is 1.17 bits per heavy atom. The number of alkyl halides is 3. The van der Waals surface area contributed by atoms with Crippen LogP contribution in [0.4, 0.5) is 13.2 Å². The van der Waals surface area contributed by atoms with E-state index in [0.29, 0.717) is 0 Å². The maximum absolute atomic E-state index is 13.2. The van der Waals surface area contributed by atoms with Gasteiger partial charge in [-0.15, -0.1) is 12.4 Å². The van der Waals surface area contributed by atoms with E-state index in [1.165, 1.54) is 12.1 Å². The number of carbonyl (C=O) groups is 1. The van der Waals surface area contributed by atoms with Crippen molar-refractivity contribution < 1.29 is 18.0 Å². The van der Waals surface area contributed by atoms with Crippen LogP contribution in [0.25, 0.3) is 0 Å². The van der Waals surface area contributed by atoms with Gasteiger partial charge in [0.1, 0.15) is 0 Å². The number of amides is 1. The van der Waals surface area contributed by atoms with E-state index in [-0.39, 0.29) is 30.1 Å². The van der Waals surface area contributed by atoms with E-state index in [9.17, 15) is 18.0 Å². The molecule has 0 heterocycles. The molecule has 130 valence electrons. The zero-order valence-corrected chi connectivity index (χ0v) is 13.5. The monoisotopic (exact) mass is 350 g/mol. The molecule has 1 aromatic rings. The van der Waals surface area contributed by atoms with Gasteiger partial charge in [0.2, 0.25) is 5.91 Å². The first-order valence-electron chi connectivity index (χ1n) is 7.53. The van der Waals surface area contributed by atoms with Crippen LogP contribution in [0.5, 0.6) is 0 Å². The molecule has 1 amide bonds. The van der Waals surface area contributed by atoms with E-state index in [0.717, 1.165) is 25.7 Å². The summed E-state index contributed by atoms with van der Waals surface area (Å²) in [7, 11) is 0. The topological polar surface area (TPSA) is 55.1 Å². The first-order chi connectivity index (χ1) is 10.4. The standard InChI is InChI=1S/C16H21F3N2O.ClH/c17-16(18,19)14(11-4-2-1-3-5-11)10-15(22)21-13-8-6-12(20)7-9-13;/h1-5,12-14H,6-10,20H2,(H,21,22);1H. The summed E-state index contributed by atoms with van der Waals surface area (Å²) in [5.41, 5.74) is 5.90. The average Bonchev–Trinajstić information content (AvgIpc) is 2.47. The van der Waals surface area contributed by atoms with Crippen molar-refractivity contribution in [2.24, 2.45) is 5.73 Å². The number of hydrogen-bond acceptors (Lipinski definition) is 2. The molecule has 23 heavy (non-hydrogen) atoms. The Labute approximate surface area is 140 Å². The van der Waals surface area contributed by atoms with Crippen LogP contribution in [0.15, 0.2) is 30.3 Å². The number of hydrogen-bond donors (Lipinski definition) is 2. The van der Waals surface area contributed by atoms with Gasteiger partial charge < -0.3 is 11.1 Å². The first-order valence-corrected chi connectivity index (χ1v) is 7.53. The molecule has 1 aliphatic carbocycles. The molecule has 0 spiro atoms. The van der Waals surface area contributed by atoms with Crippen LogP contribution in [-0.2, 0) is 4.79 Å². The van der Waals surface area contributed by atoms with Crippen LogP contribution in [0.2, 0.25) is 0 Å². The van der Waals surface area contributed by atoms with E-state index < -0.39 is 24.4 Å². The molecule has 1 aliphatic rings. The highest BCUT2D eigenvalue weighted by molar-refractivity contribution is 5.85. The molecule has 1 atom stereocenters. The van der Waals surface area contributed by atoms with Crippen molar-refractivity contribution in [1.29, 1.82) is 0 Å². The molecule has 0 bridgehead atoms. The lowest BCUT2D eigenvalue weighted by Gasteiger charge is -2.28. The first kappa shape index (κ1) is 19.8. The highest BCUT2D eigenvalue weighted by atomic mass is 35.5. The number of benzene rings is 1. The Kier molecular flexibility index (Phi) is 7.35. The van der Waals surface area contributed by atoms with Crippen LogP contribution >= 0.6 is 12.4 Å². The molecule has 2 rings (SSSR count). The van der Waals surface area contributed by atoms with Gasteiger partial charge in [0.05, 0.1) is 5.92 Å². The SMILES string of the molecule is Cl.NC1CCC(NC(=O)CC(c2ccccc2)C(F)(F)F)CC1. The minimum absolute atomic E-state index is 0. The molecule has 0 aromatic heterocycles. The largest absolute Gasteiger partial charge is 0.396 e. The van der Waals surface area contributed by atoms with Crippen LogP contribution in [0, 0.1) is 0 Å².